The molecule has 0 saturated heterocycles. The zero-order valence-corrected chi connectivity index (χ0v) is 42.4. The number of ether oxygens (including phenoxy) is 2. The lowest BCUT2D eigenvalue weighted by Crippen LogP contribution is -2.50. The predicted octanol–water partition coefficient (Wildman–Crippen LogP) is 15.4. The van der Waals surface area contributed by atoms with Gasteiger partial charge in [0, 0.05) is 24.7 Å². The fourth-order valence-corrected chi connectivity index (χ4v) is 13.1. The van der Waals surface area contributed by atoms with Crippen LogP contribution in [0, 0.1) is 28.6 Å². The van der Waals surface area contributed by atoms with Gasteiger partial charge in [0.15, 0.2) is 6.10 Å². The van der Waals surface area contributed by atoms with Gasteiger partial charge in [0.05, 0.1) is 12.7 Å². The second kappa shape index (κ2) is 30.1. The number of carbonyl (C=O) groups excluding carboxylic acids is 3. The molecule has 0 spiro atoms. The molecule has 0 radical (unpaired) electrons. The fraction of sp³-hybridized carbons (Fsp3) is 0.907. The number of phosphoric ester groups is 1. The Bertz CT molecular complexity index is 1430. The minimum Gasteiger partial charge on any atom is -0.462 e. The summed E-state index contributed by atoms with van der Waals surface area (Å²) in [5.41, 5.74) is 1.12. The molecule has 370 valence electrons. The van der Waals surface area contributed by atoms with Gasteiger partial charge in [-0.3, -0.25) is 23.4 Å². The standard InChI is InChI=1S/C54H95O9P/c1-5-7-9-11-13-15-17-19-21-23-25-27-29-31-51(56)60-42-46(62-52(57)32-30-28-26-24-22-20-18-16-14-12-10-8-6-2)43-61-64(58,59)63-45-37-39-53(3)44(41-45)33-34-47-48-35-36-50(55)54(48,4)40-38-49(47)53/h33,45-49H,5-32,34-43H2,1-4H3,(H,58,59)/t45-,46+,47-,48-,49-,53-,54-/m0/s1. The molecule has 0 aromatic rings. The molecule has 1 unspecified atom stereocenters. The third-order valence-electron chi connectivity index (χ3n) is 16.2. The number of hydrogen-bond donors (Lipinski definition) is 1. The van der Waals surface area contributed by atoms with Gasteiger partial charge in [0.25, 0.3) is 0 Å². The first kappa shape index (κ1) is 55.1. The van der Waals surface area contributed by atoms with E-state index in [0.29, 0.717) is 49.2 Å². The van der Waals surface area contributed by atoms with Crippen molar-refractivity contribution >= 4 is 25.5 Å². The lowest BCUT2D eigenvalue weighted by Gasteiger charge is -2.57. The van der Waals surface area contributed by atoms with E-state index in [2.05, 4.69) is 33.8 Å². The highest BCUT2D eigenvalue weighted by molar-refractivity contribution is 7.47. The Morgan fingerprint density at radius 3 is 1.66 bits per heavy atom. The lowest BCUT2D eigenvalue weighted by molar-refractivity contribution is -0.161. The molecule has 0 amide bonds. The number of ketones is 1. The van der Waals surface area contributed by atoms with Crippen molar-refractivity contribution in [1.29, 1.82) is 0 Å². The van der Waals surface area contributed by atoms with Crippen molar-refractivity contribution in [2.45, 2.75) is 271 Å². The zero-order chi connectivity index (χ0) is 46.1. The Balaban J connectivity index is 1.18. The molecule has 3 saturated carbocycles. The topological polar surface area (TPSA) is 125 Å². The minimum absolute atomic E-state index is 0.000589. The number of fused-ring (bicyclic) bond motifs is 5. The Labute approximate surface area is 391 Å². The first-order valence-electron chi connectivity index (χ1n) is 27.2. The van der Waals surface area contributed by atoms with E-state index in [4.69, 9.17) is 18.5 Å². The number of Topliss-reactive ketones (excluding diaryl/α,β-unsaturated/α-hetero) is 1. The van der Waals surface area contributed by atoms with Gasteiger partial charge in [-0.15, -0.1) is 0 Å². The average Bonchev–Trinajstić information content (AvgIpc) is 3.58. The van der Waals surface area contributed by atoms with Crippen LogP contribution in [0.4, 0.5) is 0 Å². The van der Waals surface area contributed by atoms with E-state index in [9.17, 15) is 23.8 Å². The van der Waals surface area contributed by atoms with Crippen molar-refractivity contribution in [2.75, 3.05) is 13.2 Å². The van der Waals surface area contributed by atoms with Gasteiger partial charge < -0.3 is 14.4 Å². The van der Waals surface area contributed by atoms with Crippen LogP contribution in [0.25, 0.3) is 0 Å². The first-order valence-corrected chi connectivity index (χ1v) is 28.6. The van der Waals surface area contributed by atoms with Crippen LogP contribution in [0.3, 0.4) is 0 Å². The molecule has 64 heavy (non-hydrogen) atoms. The Kier molecular flexibility index (Phi) is 25.9. The number of rotatable bonds is 36. The number of phosphoric acid groups is 1. The smallest absolute Gasteiger partial charge is 0.462 e. The molecule has 0 bridgehead atoms. The second-order valence-electron chi connectivity index (χ2n) is 21.2. The number of carbonyl (C=O) groups is 3. The molecule has 10 heteroatoms. The van der Waals surface area contributed by atoms with Crippen LogP contribution in [0.15, 0.2) is 11.6 Å². The summed E-state index contributed by atoms with van der Waals surface area (Å²) in [6.45, 7) is 8.43. The van der Waals surface area contributed by atoms with Crippen LogP contribution < -0.4 is 0 Å². The third-order valence-corrected chi connectivity index (χ3v) is 17.2. The molecule has 0 aromatic heterocycles. The molecule has 4 rings (SSSR count). The minimum atomic E-state index is -4.53. The molecular formula is C54H95O9P. The summed E-state index contributed by atoms with van der Waals surface area (Å²) in [5, 5.41) is 0. The maximum atomic E-state index is 13.4. The molecule has 0 aromatic carbocycles. The van der Waals surface area contributed by atoms with Crippen LogP contribution >= 0.6 is 7.82 Å². The van der Waals surface area contributed by atoms with E-state index >= 15 is 0 Å². The molecule has 4 aliphatic rings. The van der Waals surface area contributed by atoms with Crippen molar-refractivity contribution in [3.05, 3.63) is 11.6 Å². The summed E-state index contributed by atoms with van der Waals surface area (Å²) >= 11 is 0. The van der Waals surface area contributed by atoms with Crippen LogP contribution in [0.1, 0.15) is 259 Å². The summed E-state index contributed by atoms with van der Waals surface area (Å²) in [6.07, 6.45) is 39.8. The van der Waals surface area contributed by atoms with Crippen LogP contribution in [0.2, 0.25) is 0 Å². The van der Waals surface area contributed by atoms with E-state index in [-0.39, 0.29) is 36.2 Å². The highest BCUT2D eigenvalue weighted by atomic mass is 31.2. The highest BCUT2D eigenvalue weighted by Gasteiger charge is 2.58. The van der Waals surface area contributed by atoms with E-state index in [0.717, 1.165) is 64.2 Å². The molecule has 0 aliphatic heterocycles. The summed E-state index contributed by atoms with van der Waals surface area (Å²) in [7, 11) is -4.53. The van der Waals surface area contributed by atoms with Crippen LogP contribution in [0.5, 0.6) is 0 Å². The van der Waals surface area contributed by atoms with E-state index in [1.807, 2.05) is 0 Å². The van der Waals surface area contributed by atoms with Gasteiger partial charge in [-0.05, 0) is 81.0 Å². The van der Waals surface area contributed by atoms with Crippen molar-refractivity contribution < 1.29 is 42.4 Å². The lowest BCUT2D eigenvalue weighted by atomic mass is 9.48. The van der Waals surface area contributed by atoms with Crippen molar-refractivity contribution in [1.82, 2.24) is 0 Å². The Morgan fingerprint density at radius 2 is 1.12 bits per heavy atom. The van der Waals surface area contributed by atoms with Gasteiger partial charge in [-0.25, -0.2) is 4.57 Å². The quantitative estimate of drug-likeness (QED) is 0.0283. The summed E-state index contributed by atoms with van der Waals surface area (Å²) in [5.74, 6) is 1.13. The third kappa shape index (κ3) is 18.9. The van der Waals surface area contributed by atoms with Crippen molar-refractivity contribution in [3.63, 3.8) is 0 Å². The van der Waals surface area contributed by atoms with Crippen molar-refractivity contribution in [2.24, 2.45) is 28.6 Å². The van der Waals surface area contributed by atoms with Gasteiger partial charge in [-0.1, -0.05) is 193 Å². The summed E-state index contributed by atoms with van der Waals surface area (Å²) in [4.78, 5) is 49.6. The van der Waals surface area contributed by atoms with Gasteiger partial charge in [0.2, 0.25) is 0 Å². The van der Waals surface area contributed by atoms with Crippen molar-refractivity contribution in [3.8, 4) is 0 Å². The molecule has 1 N–H and O–H groups in total. The molecule has 3 fully saturated rings. The Morgan fingerprint density at radius 1 is 0.656 bits per heavy atom. The molecule has 9 nitrogen and oxygen atoms in total. The summed E-state index contributed by atoms with van der Waals surface area (Å²) in [6, 6.07) is 0. The molecule has 0 heterocycles. The maximum absolute atomic E-state index is 13.4. The first-order chi connectivity index (χ1) is 30.9. The predicted molar refractivity (Wildman–Crippen MR) is 259 cm³/mol. The zero-order valence-electron chi connectivity index (χ0n) is 41.5. The number of unbranched alkanes of at least 4 members (excludes halogenated alkanes) is 24. The van der Waals surface area contributed by atoms with Gasteiger partial charge in [0.1, 0.15) is 12.4 Å². The average molecular weight is 919 g/mol. The second-order valence-corrected chi connectivity index (χ2v) is 22.6. The van der Waals surface area contributed by atoms with Gasteiger partial charge >= 0.3 is 19.8 Å². The van der Waals surface area contributed by atoms with E-state index < -0.39 is 32.6 Å². The fourth-order valence-electron chi connectivity index (χ4n) is 12.1. The SMILES string of the molecule is CCCCCCCCCCCCCCCC(=O)OC[C@H](COP(=O)(O)O[C@H]1CC[C@@]2(C)C(=CC[C@@H]3[C@@H]2CC[C@]2(C)C(=O)CC[C@@H]32)C1)OC(=O)CCCCCCCCCCCCCCC. The molecule has 4 aliphatic carbocycles. The van der Waals surface area contributed by atoms with E-state index in [1.54, 1.807) is 0 Å². The monoisotopic (exact) mass is 919 g/mol. The normalized spacial score (nSPS) is 26.6. The number of allylic oxidation sites excluding steroid dienone is 1. The highest BCUT2D eigenvalue weighted by Crippen LogP contribution is 2.64. The molecule has 8 atom stereocenters. The van der Waals surface area contributed by atoms with Crippen LogP contribution in [-0.4, -0.2) is 48.0 Å². The number of esters is 2. The maximum Gasteiger partial charge on any atom is 0.472 e. The Hall–Kier alpha value is -1.54. The van der Waals surface area contributed by atoms with Gasteiger partial charge in [-0.2, -0.15) is 0 Å². The number of hydrogen-bond acceptors (Lipinski definition) is 8. The molecular weight excluding hydrogens is 824 g/mol. The largest absolute Gasteiger partial charge is 0.472 e. The van der Waals surface area contributed by atoms with E-state index in [1.165, 1.54) is 134 Å². The van der Waals surface area contributed by atoms with Crippen LogP contribution in [-0.2, 0) is 37.5 Å². The summed E-state index contributed by atoms with van der Waals surface area (Å²) < 4.78 is 36.1.